The molecule has 182 valence electrons. The van der Waals surface area contributed by atoms with Crippen molar-refractivity contribution in [1.29, 1.82) is 0 Å². The highest BCUT2D eigenvalue weighted by molar-refractivity contribution is 6.31. The summed E-state index contributed by atoms with van der Waals surface area (Å²) in [6.07, 6.45) is 1.33. The van der Waals surface area contributed by atoms with Crippen LogP contribution in [-0.4, -0.2) is 41.7 Å². The number of fused-ring (bicyclic) bond motifs is 1. The Bertz CT molecular complexity index is 1060. The average Bonchev–Trinajstić information content (AvgIpc) is 2.81. The van der Waals surface area contributed by atoms with E-state index in [0.717, 1.165) is 6.07 Å². The summed E-state index contributed by atoms with van der Waals surface area (Å²) in [7, 11) is 0. The van der Waals surface area contributed by atoms with E-state index in [0.29, 0.717) is 42.0 Å². The van der Waals surface area contributed by atoms with Gasteiger partial charge < -0.3 is 25.2 Å². The topological polar surface area (TPSA) is 96.9 Å². The smallest absolute Gasteiger partial charge is 0.261 e. The molecule has 0 bridgehead atoms. The minimum Gasteiger partial charge on any atom is -0.484 e. The number of halogens is 3. The first-order valence-electron chi connectivity index (χ1n) is 11.1. The second-order valence-corrected chi connectivity index (χ2v) is 9.37. The van der Waals surface area contributed by atoms with E-state index in [-0.39, 0.29) is 47.7 Å². The summed E-state index contributed by atoms with van der Waals surface area (Å²) in [5, 5.41) is 16.8. The first-order valence-corrected chi connectivity index (χ1v) is 11.9. The Hall–Kier alpha value is -2.55. The number of rotatable bonds is 6. The highest BCUT2D eigenvalue weighted by atomic mass is 35.5. The summed E-state index contributed by atoms with van der Waals surface area (Å²) in [4.78, 5) is 24.9. The molecule has 1 saturated carbocycles. The van der Waals surface area contributed by atoms with Gasteiger partial charge in [-0.2, -0.15) is 0 Å². The van der Waals surface area contributed by atoms with Gasteiger partial charge >= 0.3 is 0 Å². The molecule has 2 amide bonds. The van der Waals surface area contributed by atoms with Crippen LogP contribution in [0.4, 0.5) is 4.39 Å². The zero-order valence-corrected chi connectivity index (χ0v) is 19.7. The Morgan fingerprint density at radius 3 is 2.47 bits per heavy atom. The number of aliphatic hydroxyl groups is 1. The molecule has 34 heavy (non-hydrogen) atoms. The molecule has 0 saturated heterocycles. The highest BCUT2D eigenvalue weighted by Crippen LogP contribution is 2.36. The largest absolute Gasteiger partial charge is 0.484 e. The Labute approximate surface area is 206 Å². The molecule has 2 aliphatic rings. The summed E-state index contributed by atoms with van der Waals surface area (Å²) in [6, 6.07) is 8.87. The molecule has 0 radical (unpaired) electrons. The lowest BCUT2D eigenvalue weighted by molar-refractivity contribution is -0.131. The minimum absolute atomic E-state index is 0.0124. The van der Waals surface area contributed by atoms with E-state index in [2.05, 4.69) is 10.6 Å². The Kier molecular flexibility index (Phi) is 7.80. The molecular weight excluding hydrogens is 486 g/mol. The molecule has 2 unspecified atom stereocenters. The molecule has 7 nitrogen and oxygen atoms in total. The lowest BCUT2D eigenvalue weighted by Crippen LogP contribution is -2.49. The van der Waals surface area contributed by atoms with Crippen molar-refractivity contribution in [3.8, 4) is 11.5 Å². The Morgan fingerprint density at radius 1 is 1.06 bits per heavy atom. The average molecular weight is 511 g/mol. The third kappa shape index (κ3) is 6.11. The van der Waals surface area contributed by atoms with Gasteiger partial charge in [-0.1, -0.05) is 23.2 Å². The maximum absolute atomic E-state index is 13.5. The fourth-order valence-corrected chi connectivity index (χ4v) is 4.54. The van der Waals surface area contributed by atoms with Gasteiger partial charge in [0.2, 0.25) is 0 Å². The molecule has 0 aromatic heterocycles. The van der Waals surface area contributed by atoms with Crippen molar-refractivity contribution in [1.82, 2.24) is 10.6 Å². The maximum Gasteiger partial charge on any atom is 0.261 e. The SMILES string of the molecule is O=C(COc1ccc(Cl)c(F)c1)NC1CCC(NC(=O)C2CC(O)c3cc(Cl)ccc3O2)CC1. The van der Waals surface area contributed by atoms with Crippen molar-refractivity contribution in [3.63, 3.8) is 0 Å². The second-order valence-electron chi connectivity index (χ2n) is 8.53. The molecule has 10 heteroatoms. The first-order chi connectivity index (χ1) is 16.3. The number of nitrogens with one attached hydrogen (secondary N) is 2. The maximum atomic E-state index is 13.5. The third-order valence-corrected chi connectivity index (χ3v) is 6.57. The molecule has 2 aromatic carbocycles. The lowest BCUT2D eigenvalue weighted by atomic mass is 9.90. The van der Waals surface area contributed by atoms with Crippen molar-refractivity contribution in [2.45, 2.75) is 56.4 Å². The van der Waals surface area contributed by atoms with Crippen LogP contribution in [-0.2, 0) is 9.59 Å². The van der Waals surface area contributed by atoms with Crippen LogP contribution < -0.4 is 20.1 Å². The van der Waals surface area contributed by atoms with Crippen molar-refractivity contribution in [2.24, 2.45) is 0 Å². The lowest BCUT2D eigenvalue weighted by Gasteiger charge is -2.33. The van der Waals surface area contributed by atoms with Crippen LogP contribution >= 0.6 is 23.2 Å². The zero-order valence-electron chi connectivity index (χ0n) is 18.2. The van der Waals surface area contributed by atoms with Gasteiger partial charge in [0.25, 0.3) is 11.8 Å². The van der Waals surface area contributed by atoms with Crippen LogP contribution in [0, 0.1) is 5.82 Å². The van der Waals surface area contributed by atoms with Crippen molar-refractivity contribution in [3.05, 3.63) is 57.8 Å². The zero-order chi connectivity index (χ0) is 24.2. The Morgan fingerprint density at radius 2 is 1.76 bits per heavy atom. The Balaban J connectivity index is 1.19. The van der Waals surface area contributed by atoms with Crippen LogP contribution in [0.2, 0.25) is 10.0 Å². The van der Waals surface area contributed by atoms with Crippen LogP contribution in [0.25, 0.3) is 0 Å². The molecule has 3 N–H and O–H groups in total. The fraction of sp³-hybridized carbons (Fsp3) is 0.417. The molecular formula is C24H25Cl2FN2O5. The molecule has 4 rings (SSSR count). The second kappa shape index (κ2) is 10.8. The quantitative estimate of drug-likeness (QED) is 0.546. The van der Waals surface area contributed by atoms with Gasteiger partial charge in [-0.15, -0.1) is 0 Å². The van der Waals surface area contributed by atoms with Gasteiger partial charge in [0.1, 0.15) is 17.3 Å². The van der Waals surface area contributed by atoms with Crippen LogP contribution in [0.3, 0.4) is 0 Å². The van der Waals surface area contributed by atoms with Gasteiger partial charge in [0.05, 0.1) is 11.1 Å². The van der Waals surface area contributed by atoms with Crippen molar-refractivity contribution in [2.75, 3.05) is 6.61 Å². The number of ether oxygens (including phenoxy) is 2. The standard InChI is InChI=1S/C24H25Cl2FN2O5/c25-13-1-8-21-17(9-13)20(30)11-22(34-21)24(32)29-15-4-2-14(3-5-15)28-23(31)12-33-16-6-7-18(26)19(27)10-16/h1,6-10,14-15,20,22,30H,2-5,11-12H2,(H,28,31)(H,29,32). The number of hydrogen-bond acceptors (Lipinski definition) is 5. The number of benzene rings is 2. The predicted molar refractivity (Wildman–Crippen MR) is 125 cm³/mol. The summed E-state index contributed by atoms with van der Waals surface area (Å²) in [5.41, 5.74) is 0.581. The van der Waals surface area contributed by atoms with E-state index in [4.69, 9.17) is 32.7 Å². The molecule has 1 fully saturated rings. The molecule has 1 heterocycles. The number of aliphatic hydroxyl groups excluding tert-OH is 1. The van der Waals surface area contributed by atoms with E-state index in [1.807, 2.05) is 0 Å². The molecule has 1 aliphatic carbocycles. The van der Waals surface area contributed by atoms with Gasteiger partial charge in [0.15, 0.2) is 12.7 Å². The predicted octanol–water partition coefficient (Wildman–Crippen LogP) is 3.94. The van der Waals surface area contributed by atoms with E-state index in [1.54, 1.807) is 18.2 Å². The molecule has 2 atom stereocenters. The van der Waals surface area contributed by atoms with Crippen LogP contribution in [0.15, 0.2) is 36.4 Å². The van der Waals surface area contributed by atoms with Gasteiger partial charge in [-0.05, 0) is 56.0 Å². The molecule has 0 spiro atoms. The summed E-state index contributed by atoms with van der Waals surface area (Å²) in [6.45, 7) is -0.230. The normalized spacial score (nSPS) is 23.9. The highest BCUT2D eigenvalue weighted by Gasteiger charge is 2.33. The monoisotopic (exact) mass is 510 g/mol. The molecule has 1 aliphatic heterocycles. The van der Waals surface area contributed by atoms with Crippen molar-refractivity contribution < 1.29 is 28.6 Å². The van der Waals surface area contributed by atoms with E-state index < -0.39 is 18.0 Å². The number of carbonyl (C=O) groups excluding carboxylic acids is 2. The van der Waals surface area contributed by atoms with E-state index >= 15 is 0 Å². The first kappa shape index (κ1) is 24.6. The van der Waals surface area contributed by atoms with E-state index in [1.165, 1.54) is 12.1 Å². The van der Waals surface area contributed by atoms with E-state index in [9.17, 15) is 19.1 Å². The number of carbonyl (C=O) groups is 2. The van der Waals surface area contributed by atoms with Crippen LogP contribution in [0.5, 0.6) is 11.5 Å². The van der Waals surface area contributed by atoms with Crippen molar-refractivity contribution >= 4 is 35.0 Å². The summed E-state index contributed by atoms with van der Waals surface area (Å²) in [5.74, 6) is -0.494. The summed E-state index contributed by atoms with van der Waals surface area (Å²) < 4.78 is 24.6. The summed E-state index contributed by atoms with van der Waals surface area (Å²) >= 11 is 11.6. The molecule has 2 aromatic rings. The number of amides is 2. The number of hydrogen-bond donors (Lipinski definition) is 3. The van der Waals surface area contributed by atoms with Crippen LogP contribution in [0.1, 0.15) is 43.8 Å². The van der Waals surface area contributed by atoms with Gasteiger partial charge in [-0.25, -0.2) is 4.39 Å². The third-order valence-electron chi connectivity index (χ3n) is 6.03. The fourth-order valence-electron chi connectivity index (χ4n) is 4.24. The van der Waals surface area contributed by atoms with Gasteiger partial charge in [0, 0.05) is 35.2 Å². The van der Waals surface area contributed by atoms with Gasteiger partial charge in [-0.3, -0.25) is 9.59 Å². The minimum atomic E-state index is -0.823.